The Hall–Kier alpha value is -0.890. The normalized spacial score (nSPS) is 13.7. The van der Waals surface area contributed by atoms with Crippen LogP contribution in [0.3, 0.4) is 0 Å². The number of hydrogen-bond donors (Lipinski definition) is 1. The number of furan rings is 1. The van der Waals surface area contributed by atoms with Crippen molar-refractivity contribution < 1.29 is 12.8 Å². The van der Waals surface area contributed by atoms with Gasteiger partial charge in [-0.15, -0.1) is 0 Å². The largest absolute Gasteiger partial charge is 0.465 e. The van der Waals surface area contributed by atoms with Crippen molar-refractivity contribution >= 4 is 33.0 Å². The summed E-state index contributed by atoms with van der Waals surface area (Å²) < 4.78 is 32.7. The van der Waals surface area contributed by atoms with Crippen LogP contribution < -0.4 is 4.72 Å². The van der Waals surface area contributed by atoms with E-state index >= 15 is 0 Å². The lowest BCUT2D eigenvalue weighted by Gasteiger charge is -2.11. The van der Waals surface area contributed by atoms with E-state index in [-0.39, 0.29) is 8.68 Å². The standard InChI is InChI=1S/C11H13ClN2O3S2/c1-6-4-5-9(17-6)7(2)14-19(15,16)10-8(3)13-11(12)18-10/h4-5,7,14H,1-3H3. The van der Waals surface area contributed by atoms with Crippen molar-refractivity contribution in [2.45, 2.75) is 31.0 Å². The molecule has 0 spiro atoms. The van der Waals surface area contributed by atoms with Crippen molar-refractivity contribution in [1.82, 2.24) is 9.71 Å². The number of rotatable bonds is 4. The predicted molar refractivity (Wildman–Crippen MR) is 74.0 cm³/mol. The summed E-state index contributed by atoms with van der Waals surface area (Å²) in [6.45, 7) is 5.13. The van der Waals surface area contributed by atoms with E-state index in [1.165, 1.54) is 0 Å². The van der Waals surface area contributed by atoms with E-state index in [1.807, 2.05) is 0 Å². The van der Waals surface area contributed by atoms with Crippen LogP contribution in [-0.4, -0.2) is 13.4 Å². The summed E-state index contributed by atoms with van der Waals surface area (Å²) in [5, 5.41) is 0. The zero-order chi connectivity index (χ0) is 14.2. The van der Waals surface area contributed by atoms with Gasteiger partial charge in [-0.2, -0.15) is 4.72 Å². The van der Waals surface area contributed by atoms with E-state index in [0.29, 0.717) is 11.5 Å². The molecule has 0 radical (unpaired) electrons. The molecule has 2 aromatic heterocycles. The van der Waals surface area contributed by atoms with Crippen LogP contribution in [0.4, 0.5) is 0 Å². The van der Waals surface area contributed by atoms with Crippen molar-refractivity contribution in [3.8, 4) is 0 Å². The Bertz CT molecular complexity index is 691. The van der Waals surface area contributed by atoms with Crippen LogP contribution in [0, 0.1) is 13.8 Å². The number of aryl methyl sites for hydroxylation is 2. The van der Waals surface area contributed by atoms with Crippen LogP contribution in [0.5, 0.6) is 0 Å². The minimum absolute atomic E-state index is 0.132. The number of thiazole rings is 1. The molecular formula is C11H13ClN2O3S2. The number of nitrogens with one attached hydrogen (secondary N) is 1. The van der Waals surface area contributed by atoms with E-state index in [2.05, 4.69) is 9.71 Å². The molecule has 0 saturated heterocycles. The first-order valence-corrected chi connectivity index (χ1v) is 8.19. The first-order chi connectivity index (χ1) is 8.79. The molecule has 8 heteroatoms. The molecule has 0 saturated carbocycles. The summed E-state index contributed by atoms with van der Waals surface area (Å²) in [6, 6.07) is 3.07. The fourth-order valence-electron chi connectivity index (χ4n) is 1.63. The summed E-state index contributed by atoms with van der Waals surface area (Å²) in [5.41, 5.74) is 0.394. The third-order valence-electron chi connectivity index (χ3n) is 2.49. The smallest absolute Gasteiger partial charge is 0.252 e. The van der Waals surface area contributed by atoms with Gasteiger partial charge in [0, 0.05) is 0 Å². The first kappa shape index (κ1) is 14.5. The molecule has 2 heterocycles. The summed E-state index contributed by atoms with van der Waals surface area (Å²) >= 11 is 6.66. The van der Waals surface area contributed by atoms with Crippen LogP contribution in [0.25, 0.3) is 0 Å². The number of nitrogens with zero attached hydrogens (tertiary/aromatic N) is 1. The molecular weight excluding hydrogens is 308 g/mol. The Morgan fingerprint density at radius 2 is 2.11 bits per heavy atom. The van der Waals surface area contributed by atoms with Gasteiger partial charge in [-0.25, -0.2) is 13.4 Å². The minimum atomic E-state index is -3.65. The Morgan fingerprint density at radius 3 is 2.58 bits per heavy atom. The van der Waals surface area contributed by atoms with E-state index < -0.39 is 16.1 Å². The molecule has 104 valence electrons. The highest BCUT2D eigenvalue weighted by molar-refractivity contribution is 7.91. The van der Waals surface area contributed by atoms with Gasteiger partial charge in [-0.3, -0.25) is 0 Å². The fourth-order valence-corrected chi connectivity index (χ4v) is 4.60. The van der Waals surface area contributed by atoms with E-state index in [9.17, 15) is 8.42 Å². The lowest BCUT2D eigenvalue weighted by molar-refractivity contribution is 0.441. The third kappa shape index (κ3) is 3.17. The van der Waals surface area contributed by atoms with E-state index in [4.69, 9.17) is 16.0 Å². The third-order valence-corrected chi connectivity index (χ3v) is 5.90. The predicted octanol–water partition coefficient (Wildman–Crippen LogP) is 3.05. The molecule has 1 unspecified atom stereocenters. The molecule has 0 aliphatic carbocycles. The van der Waals surface area contributed by atoms with Crippen molar-refractivity contribution in [1.29, 1.82) is 0 Å². The molecule has 5 nitrogen and oxygen atoms in total. The minimum Gasteiger partial charge on any atom is -0.465 e. The molecule has 1 N–H and O–H groups in total. The average molecular weight is 321 g/mol. The molecule has 0 aromatic carbocycles. The van der Waals surface area contributed by atoms with Gasteiger partial charge in [-0.05, 0) is 32.9 Å². The highest BCUT2D eigenvalue weighted by Gasteiger charge is 2.25. The van der Waals surface area contributed by atoms with Crippen LogP contribution in [0.1, 0.15) is 30.2 Å². The van der Waals surface area contributed by atoms with Gasteiger partial charge in [0.05, 0.1) is 11.7 Å². The Kier molecular flexibility index (Phi) is 4.00. The molecule has 0 fully saturated rings. The summed E-state index contributed by atoms with van der Waals surface area (Å²) in [7, 11) is -3.65. The van der Waals surface area contributed by atoms with Gasteiger partial charge in [0.25, 0.3) is 10.0 Å². The van der Waals surface area contributed by atoms with Gasteiger partial charge >= 0.3 is 0 Å². The monoisotopic (exact) mass is 320 g/mol. The Morgan fingerprint density at radius 1 is 1.42 bits per heavy atom. The second-order valence-electron chi connectivity index (χ2n) is 4.13. The number of aromatic nitrogens is 1. The molecule has 1 atom stereocenters. The molecule has 19 heavy (non-hydrogen) atoms. The van der Waals surface area contributed by atoms with E-state index in [0.717, 1.165) is 17.1 Å². The number of halogens is 1. The van der Waals surface area contributed by atoms with Crippen LogP contribution in [0.15, 0.2) is 20.8 Å². The van der Waals surface area contributed by atoms with Gasteiger partial charge < -0.3 is 4.42 Å². The van der Waals surface area contributed by atoms with Gasteiger partial charge in [0.15, 0.2) is 8.68 Å². The van der Waals surface area contributed by atoms with Crippen LogP contribution in [-0.2, 0) is 10.0 Å². The summed E-state index contributed by atoms with van der Waals surface area (Å²) in [6.07, 6.45) is 0. The first-order valence-electron chi connectivity index (χ1n) is 5.51. The summed E-state index contributed by atoms with van der Waals surface area (Å²) in [5.74, 6) is 1.30. The molecule has 0 bridgehead atoms. The van der Waals surface area contributed by atoms with Crippen molar-refractivity contribution in [2.75, 3.05) is 0 Å². The molecule has 2 rings (SSSR count). The van der Waals surface area contributed by atoms with Crippen LogP contribution in [0.2, 0.25) is 4.47 Å². The van der Waals surface area contributed by atoms with Crippen molar-refractivity contribution in [3.05, 3.63) is 33.8 Å². The molecule has 0 amide bonds. The molecule has 0 aliphatic rings. The highest BCUT2D eigenvalue weighted by atomic mass is 35.5. The highest BCUT2D eigenvalue weighted by Crippen LogP contribution is 2.28. The number of sulfonamides is 1. The van der Waals surface area contributed by atoms with Crippen molar-refractivity contribution in [2.24, 2.45) is 0 Å². The van der Waals surface area contributed by atoms with Crippen LogP contribution >= 0.6 is 22.9 Å². The average Bonchev–Trinajstić information content (AvgIpc) is 2.84. The second-order valence-corrected chi connectivity index (χ2v) is 7.62. The van der Waals surface area contributed by atoms with Gasteiger partial charge in [-0.1, -0.05) is 22.9 Å². The zero-order valence-electron chi connectivity index (χ0n) is 10.6. The Balaban J connectivity index is 2.24. The maximum atomic E-state index is 12.2. The lowest BCUT2D eigenvalue weighted by Crippen LogP contribution is -2.26. The lowest BCUT2D eigenvalue weighted by atomic mass is 10.3. The number of hydrogen-bond acceptors (Lipinski definition) is 5. The summed E-state index contributed by atoms with van der Waals surface area (Å²) in [4.78, 5) is 3.90. The maximum Gasteiger partial charge on any atom is 0.252 e. The van der Waals surface area contributed by atoms with Crippen molar-refractivity contribution in [3.63, 3.8) is 0 Å². The second kappa shape index (κ2) is 5.24. The Labute approximate surface area is 120 Å². The van der Waals surface area contributed by atoms with Gasteiger partial charge in [0.1, 0.15) is 11.5 Å². The topological polar surface area (TPSA) is 72.2 Å². The quantitative estimate of drug-likeness (QED) is 0.939. The molecule has 0 aliphatic heterocycles. The SMILES string of the molecule is Cc1ccc(C(C)NS(=O)(=O)c2sc(Cl)nc2C)o1. The fraction of sp³-hybridized carbons (Fsp3) is 0.364. The van der Waals surface area contributed by atoms with E-state index in [1.54, 1.807) is 32.9 Å². The zero-order valence-corrected chi connectivity index (χ0v) is 13.0. The molecule has 2 aromatic rings. The maximum absolute atomic E-state index is 12.2. The van der Waals surface area contributed by atoms with Gasteiger partial charge in [0.2, 0.25) is 0 Å².